The number of benzene rings is 1. The number of rotatable bonds is 3. The average molecular weight is 324 g/mol. The summed E-state index contributed by atoms with van der Waals surface area (Å²) >= 11 is 5.83. The van der Waals surface area contributed by atoms with Gasteiger partial charge in [-0.1, -0.05) is 17.7 Å². The van der Waals surface area contributed by atoms with E-state index in [-0.39, 0.29) is 36.9 Å². The minimum absolute atomic E-state index is 0.0234. The van der Waals surface area contributed by atoms with Crippen molar-refractivity contribution in [2.24, 2.45) is 0 Å². The van der Waals surface area contributed by atoms with Crippen LogP contribution in [0.3, 0.4) is 0 Å². The van der Waals surface area contributed by atoms with Crippen molar-refractivity contribution >= 4 is 23.0 Å². The van der Waals surface area contributed by atoms with E-state index in [1.165, 1.54) is 11.0 Å². The number of nitrogens with zero attached hydrogens (tertiary/aromatic N) is 3. The van der Waals surface area contributed by atoms with Gasteiger partial charge >= 0.3 is 11.9 Å². The quantitative estimate of drug-likeness (QED) is 0.634. The predicted octanol–water partition coefficient (Wildman–Crippen LogP) is 2.93. The molecule has 1 aliphatic heterocycles. The van der Waals surface area contributed by atoms with Crippen molar-refractivity contribution in [3.8, 4) is 0 Å². The molecule has 1 fully saturated rings. The average Bonchev–Trinajstić information content (AvgIpc) is 2.37. The third kappa shape index (κ3) is 3.98. The molecule has 0 N–H and O–H groups in total. The van der Waals surface area contributed by atoms with Crippen LogP contribution in [0.15, 0.2) is 18.2 Å². The highest BCUT2D eigenvalue weighted by molar-refractivity contribution is 6.33. The Morgan fingerprint density at radius 1 is 1.24 bits per heavy atom. The van der Waals surface area contributed by atoms with Gasteiger partial charge in [0.15, 0.2) is 0 Å². The second-order valence-electron chi connectivity index (χ2n) is 4.74. The Balaban J connectivity index is 2.10. The summed E-state index contributed by atoms with van der Waals surface area (Å²) in [4.78, 5) is 13.5. The highest BCUT2D eigenvalue weighted by Gasteiger charge is 2.33. The van der Waals surface area contributed by atoms with Crippen molar-refractivity contribution in [2.75, 3.05) is 37.6 Å². The number of hydrogen-bond donors (Lipinski definition) is 0. The molecule has 116 valence electrons. The van der Waals surface area contributed by atoms with Gasteiger partial charge in [0.25, 0.3) is 0 Å². The fraction of sp³-hybridized carbons (Fsp3) is 0.500. The van der Waals surface area contributed by atoms with Crippen LogP contribution in [0.4, 0.5) is 24.5 Å². The lowest BCUT2D eigenvalue weighted by molar-refractivity contribution is -0.384. The van der Waals surface area contributed by atoms with Gasteiger partial charge in [-0.25, -0.2) is 0 Å². The van der Waals surface area contributed by atoms with Gasteiger partial charge in [-0.15, -0.1) is 0 Å². The van der Waals surface area contributed by atoms with Crippen molar-refractivity contribution in [3.05, 3.63) is 33.3 Å². The Morgan fingerprint density at radius 3 is 2.38 bits per heavy atom. The molecule has 0 amide bonds. The Morgan fingerprint density at radius 2 is 1.86 bits per heavy atom. The molecule has 0 saturated carbocycles. The number of anilines is 1. The van der Waals surface area contributed by atoms with Crippen LogP contribution in [0, 0.1) is 10.1 Å². The van der Waals surface area contributed by atoms with Crippen molar-refractivity contribution in [3.63, 3.8) is 0 Å². The second-order valence-corrected chi connectivity index (χ2v) is 5.15. The lowest BCUT2D eigenvalue weighted by Gasteiger charge is -2.36. The van der Waals surface area contributed by atoms with E-state index in [1.54, 1.807) is 17.0 Å². The number of piperazine rings is 1. The number of halogens is 4. The van der Waals surface area contributed by atoms with Crippen molar-refractivity contribution < 1.29 is 18.1 Å². The molecule has 1 saturated heterocycles. The molecule has 0 atom stereocenters. The smallest absolute Gasteiger partial charge is 0.363 e. The number of nitro groups is 1. The summed E-state index contributed by atoms with van der Waals surface area (Å²) in [7, 11) is 0. The summed E-state index contributed by atoms with van der Waals surface area (Å²) in [6.07, 6.45) is -4.23. The predicted molar refractivity (Wildman–Crippen MR) is 72.8 cm³/mol. The molecule has 2 rings (SSSR count). The third-order valence-corrected chi connectivity index (χ3v) is 3.57. The maximum Gasteiger partial charge on any atom is 0.401 e. The number of alkyl halides is 3. The van der Waals surface area contributed by atoms with E-state index in [2.05, 4.69) is 0 Å². The first-order valence-corrected chi connectivity index (χ1v) is 6.62. The second kappa shape index (κ2) is 6.07. The zero-order valence-electron chi connectivity index (χ0n) is 10.9. The molecular weight excluding hydrogens is 311 g/mol. The van der Waals surface area contributed by atoms with Gasteiger partial charge in [0.05, 0.1) is 11.5 Å². The topological polar surface area (TPSA) is 49.6 Å². The van der Waals surface area contributed by atoms with Crippen molar-refractivity contribution in [1.29, 1.82) is 0 Å². The van der Waals surface area contributed by atoms with Crippen LogP contribution in [-0.4, -0.2) is 48.7 Å². The molecule has 0 aliphatic carbocycles. The van der Waals surface area contributed by atoms with Gasteiger partial charge in [0, 0.05) is 26.2 Å². The van der Waals surface area contributed by atoms with Crippen LogP contribution in [0.5, 0.6) is 0 Å². The minimum Gasteiger partial charge on any atom is -0.363 e. The van der Waals surface area contributed by atoms with Gasteiger partial charge in [-0.2, -0.15) is 13.2 Å². The Bertz CT molecular complexity index is 531. The summed E-state index contributed by atoms with van der Waals surface area (Å²) in [6, 6.07) is 4.57. The molecule has 0 aromatic heterocycles. The Labute approximate surface area is 124 Å². The first-order valence-electron chi connectivity index (χ1n) is 6.25. The fourth-order valence-corrected chi connectivity index (χ4v) is 2.58. The summed E-state index contributed by atoms with van der Waals surface area (Å²) in [5.41, 5.74) is 0.141. The normalized spacial score (nSPS) is 17.0. The molecule has 1 aromatic rings. The Kier molecular flexibility index (Phi) is 4.58. The molecule has 0 radical (unpaired) electrons. The molecule has 5 nitrogen and oxygen atoms in total. The monoisotopic (exact) mass is 323 g/mol. The van der Waals surface area contributed by atoms with E-state index in [4.69, 9.17) is 11.6 Å². The highest BCUT2D eigenvalue weighted by atomic mass is 35.5. The zero-order valence-corrected chi connectivity index (χ0v) is 11.7. The highest BCUT2D eigenvalue weighted by Crippen LogP contribution is 2.35. The molecule has 0 unspecified atom stereocenters. The summed E-state index contributed by atoms with van der Waals surface area (Å²) in [5.74, 6) is 0. The van der Waals surface area contributed by atoms with Crippen LogP contribution in [0.1, 0.15) is 0 Å². The van der Waals surface area contributed by atoms with Gasteiger partial charge in [-0.05, 0) is 12.1 Å². The van der Waals surface area contributed by atoms with Crippen LogP contribution in [0.2, 0.25) is 5.02 Å². The first kappa shape index (κ1) is 15.8. The maximum atomic E-state index is 12.3. The van der Waals surface area contributed by atoms with Gasteiger partial charge in [0.2, 0.25) is 0 Å². The molecule has 0 bridgehead atoms. The van der Waals surface area contributed by atoms with Gasteiger partial charge < -0.3 is 4.90 Å². The van der Waals surface area contributed by atoms with Crippen LogP contribution in [0.25, 0.3) is 0 Å². The van der Waals surface area contributed by atoms with E-state index in [1.807, 2.05) is 0 Å². The van der Waals surface area contributed by atoms with E-state index in [9.17, 15) is 23.3 Å². The maximum absolute atomic E-state index is 12.3. The van der Waals surface area contributed by atoms with Crippen LogP contribution in [-0.2, 0) is 0 Å². The fourth-order valence-electron chi connectivity index (χ4n) is 2.34. The lowest BCUT2D eigenvalue weighted by atomic mass is 10.2. The van der Waals surface area contributed by atoms with Crippen molar-refractivity contribution in [1.82, 2.24) is 4.90 Å². The van der Waals surface area contributed by atoms with E-state index in [0.717, 1.165) is 0 Å². The molecule has 1 aliphatic rings. The summed E-state index contributed by atoms with van der Waals surface area (Å²) in [6.45, 7) is 0.0133. The standard InChI is InChI=1S/C12H13ClF3N3O2/c13-9-2-1-3-10(11(9)19(20)21)18-6-4-17(5-7-18)8-12(14,15)16/h1-3H,4-8H2. The van der Waals surface area contributed by atoms with E-state index >= 15 is 0 Å². The minimum atomic E-state index is -4.23. The summed E-state index contributed by atoms with van der Waals surface area (Å²) < 4.78 is 37.0. The molecule has 0 spiro atoms. The summed E-state index contributed by atoms with van der Waals surface area (Å²) in [5, 5.41) is 11.1. The molecule has 9 heteroatoms. The van der Waals surface area contributed by atoms with Crippen molar-refractivity contribution in [2.45, 2.75) is 6.18 Å². The number of nitro benzene ring substituents is 1. The first-order chi connectivity index (χ1) is 9.78. The zero-order chi connectivity index (χ0) is 15.6. The van der Waals surface area contributed by atoms with Crippen LogP contribution < -0.4 is 4.90 Å². The lowest BCUT2D eigenvalue weighted by Crippen LogP contribution is -2.49. The molecule has 1 aromatic carbocycles. The van der Waals surface area contributed by atoms with Crippen LogP contribution >= 0.6 is 11.6 Å². The third-order valence-electron chi connectivity index (χ3n) is 3.26. The van der Waals surface area contributed by atoms with Gasteiger partial charge in [-0.3, -0.25) is 15.0 Å². The SMILES string of the molecule is O=[N+]([O-])c1c(Cl)cccc1N1CCN(CC(F)(F)F)CC1. The molecule has 21 heavy (non-hydrogen) atoms. The van der Waals surface area contributed by atoms with E-state index < -0.39 is 17.6 Å². The largest absolute Gasteiger partial charge is 0.401 e. The van der Waals surface area contributed by atoms with Gasteiger partial charge in [0.1, 0.15) is 10.7 Å². The number of para-hydroxylation sites is 1. The van der Waals surface area contributed by atoms with E-state index in [0.29, 0.717) is 5.69 Å². The molecular formula is C12H13ClF3N3O2. The number of hydrogen-bond acceptors (Lipinski definition) is 4. The molecule has 1 heterocycles. The Hall–Kier alpha value is -1.54.